The second-order valence-electron chi connectivity index (χ2n) is 6.18. The molecular formula is C20H20BrN3O3. The molecule has 1 atom stereocenters. The number of carbonyl (C=O) groups is 3. The van der Waals surface area contributed by atoms with Gasteiger partial charge in [0.2, 0.25) is 0 Å². The standard InChI is InChI=1S/C20H20BrN3O3/c1-2-24-16-9-8-14(21)12-15(16)17(20(24)27)23-19(26)18(25)22-11-10-13-6-4-3-5-7-13/h3-9,12,17H,2,10-11H2,1H3,(H,22,25)(H,23,26)/t17-/m1/s1. The quantitative estimate of drug-likeness (QED) is 0.715. The number of fused-ring (bicyclic) bond motifs is 1. The van der Waals surface area contributed by atoms with E-state index < -0.39 is 17.9 Å². The van der Waals surface area contributed by atoms with Crippen LogP contribution in [0.25, 0.3) is 0 Å². The van der Waals surface area contributed by atoms with Crippen LogP contribution >= 0.6 is 15.9 Å². The summed E-state index contributed by atoms with van der Waals surface area (Å²) in [6.07, 6.45) is 0.627. The lowest BCUT2D eigenvalue weighted by Gasteiger charge is -2.15. The van der Waals surface area contributed by atoms with Gasteiger partial charge in [-0.2, -0.15) is 0 Å². The van der Waals surface area contributed by atoms with Crippen LogP contribution in [0.2, 0.25) is 0 Å². The first kappa shape index (κ1) is 19.1. The van der Waals surface area contributed by atoms with Gasteiger partial charge in [-0.15, -0.1) is 0 Å². The van der Waals surface area contributed by atoms with E-state index >= 15 is 0 Å². The average molecular weight is 430 g/mol. The Morgan fingerprint density at radius 2 is 1.85 bits per heavy atom. The van der Waals surface area contributed by atoms with E-state index in [0.29, 0.717) is 25.1 Å². The number of hydrogen-bond acceptors (Lipinski definition) is 3. The average Bonchev–Trinajstić information content (AvgIpc) is 2.93. The smallest absolute Gasteiger partial charge is 0.310 e. The van der Waals surface area contributed by atoms with E-state index in [4.69, 9.17) is 0 Å². The number of nitrogens with one attached hydrogen (secondary N) is 2. The van der Waals surface area contributed by atoms with E-state index in [1.807, 2.05) is 49.4 Å². The lowest BCUT2D eigenvalue weighted by molar-refractivity contribution is -0.140. The highest BCUT2D eigenvalue weighted by Gasteiger charge is 2.38. The van der Waals surface area contributed by atoms with Gasteiger partial charge in [-0.3, -0.25) is 14.4 Å². The van der Waals surface area contributed by atoms with Crippen molar-refractivity contribution in [2.24, 2.45) is 0 Å². The number of anilines is 1. The second-order valence-corrected chi connectivity index (χ2v) is 7.10. The monoisotopic (exact) mass is 429 g/mol. The molecule has 0 fully saturated rings. The molecule has 6 nitrogen and oxygen atoms in total. The topological polar surface area (TPSA) is 78.5 Å². The summed E-state index contributed by atoms with van der Waals surface area (Å²) in [7, 11) is 0. The van der Waals surface area contributed by atoms with Crippen molar-refractivity contribution in [1.29, 1.82) is 0 Å². The zero-order valence-electron chi connectivity index (χ0n) is 14.9. The van der Waals surface area contributed by atoms with Crippen LogP contribution in [0.3, 0.4) is 0 Å². The van der Waals surface area contributed by atoms with Crippen molar-refractivity contribution >= 4 is 39.3 Å². The number of likely N-dealkylation sites (N-methyl/N-ethyl adjacent to an activating group) is 1. The van der Waals surface area contributed by atoms with Gasteiger partial charge in [0, 0.05) is 28.8 Å². The summed E-state index contributed by atoms with van der Waals surface area (Å²) in [4.78, 5) is 38.6. The van der Waals surface area contributed by atoms with Gasteiger partial charge in [0.05, 0.1) is 0 Å². The largest absolute Gasteiger partial charge is 0.348 e. The summed E-state index contributed by atoms with van der Waals surface area (Å²) >= 11 is 3.38. The van der Waals surface area contributed by atoms with Crippen LogP contribution in [0.5, 0.6) is 0 Å². The Morgan fingerprint density at radius 1 is 1.11 bits per heavy atom. The van der Waals surface area contributed by atoms with Crippen molar-refractivity contribution in [1.82, 2.24) is 10.6 Å². The molecule has 27 heavy (non-hydrogen) atoms. The molecule has 1 aliphatic rings. The minimum Gasteiger partial charge on any atom is -0.348 e. The van der Waals surface area contributed by atoms with Crippen molar-refractivity contribution in [3.8, 4) is 0 Å². The summed E-state index contributed by atoms with van der Waals surface area (Å²) < 4.78 is 0.804. The van der Waals surface area contributed by atoms with E-state index in [1.165, 1.54) is 0 Å². The molecule has 3 rings (SSSR count). The van der Waals surface area contributed by atoms with Gasteiger partial charge in [0.1, 0.15) is 6.04 Å². The maximum atomic E-state index is 12.6. The van der Waals surface area contributed by atoms with Crippen LogP contribution in [-0.4, -0.2) is 30.8 Å². The third kappa shape index (κ3) is 4.19. The van der Waals surface area contributed by atoms with Crippen LogP contribution in [0.1, 0.15) is 24.1 Å². The molecule has 140 valence electrons. The first-order chi connectivity index (χ1) is 13.0. The third-order valence-corrected chi connectivity index (χ3v) is 4.94. The number of benzene rings is 2. The predicted octanol–water partition coefficient (Wildman–Crippen LogP) is 2.33. The second kappa shape index (κ2) is 8.35. The Hall–Kier alpha value is -2.67. The molecule has 0 aliphatic carbocycles. The molecule has 1 aliphatic heterocycles. The lowest BCUT2D eigenvalue weighted by Crippen LogP contribution is -2.44. The van der Waals surface area contributed by atoms with Gasteiger partial charge in [0.25, 0.3) is 5.91 Å². The maximum Gasteiger partial charge on any atom is 0.310 e. The first-order valence-electron chi connectivity index (χ1n) is 8.74. The number of hydrogen-bond donors (Lipinski definition) is 2. The fourth-order valence-electron chi connectivity index (χ4n) is 3.12. The maximum absolute atomic E-state index is 12.6. The molecule has 2 aromatic carbocycles. The number of nitrogens with zero attached hydrogens (tertiary/aromatic N) is 1. The van der Waals surface area contributed by atoms with Gasteiger partial charge in [-0.25, -0.2) is 0 Å². The van der Waals surface area contributed by atoms with Gasteiger partial charge >= 0.3 is 11.8 Å². The number of halogens is 1. The number of amides is 3. The highest BCUT2D eigenvalue weighted by molar-refractivity contribution is 9.10. The van der Waals surface area contributed by atoms with Gasteiger partial charge < -0.3 is 15.5 Å². The molecule has 0 radical (unpaired) electrons. The van der Waals surface area contributed by atoms with E-state index in [2.05, 4.69) is 26.6 Å². The zero-order chi connectivity index (χ0) is 19.4. The summed E-state index contributed by atoms with van der Waals surface area (Å²) in [6, 6.07) is 14.3. The molecule has 0 aromatic heterocycles. The molecule has 0 saturated heterocycles. The van der Waals surface area contributed by atoms with E-state index in [0.717, 1.165) is 15.7 Å². The molecule has 0 spiro atoms. The van der Waals surface area contributed by atoms with Gasteiger partial charge in [-0.1, -0.05) is 46.3 Å². The highest BCUT2D eigenvalue weighted by atomic mass is 79.9. The van der Waals surface area contributed by atoms with Crippen LogP contribution in [-0.2, 0) is 20.8 Å². The van der Waals surface area contributed by atoms with Gasteiger partial charge in [-0.05, 0) is 37.1 Å². The predicted molar refractivity (Wildman–Crippen MR) is 106 cm³/mol. The van der Waals surface area contributed by atoms with E-state index in [9.17, 15) is 14.4 Å². The van der Waals surface area contributed by atoms with Crippen LogP contribution < -0.4 is 15.5 Å². The molecule has 0 saturated carbocycles. The molecule has 2 N–H and O–H groups in total. The highest BCUT2D eigenvalue weighted by Crippen LogP contribution is 2.37. The SMILES string of the molecule is CCN1C(=O)[C@H](NC(=O)C(=O)NCCc2ccccc2)c2cc(Br)ccc21. The first-order valence-corrected chi connectivity index (χ1v) is 9.54. The van der Waals surface area contributed by atoms with E-state index in [-0.39, 0.29) is 5.91 Å². The number of carbonyl (C=O) groups excluding carboxylic acids is 3. The van der Waals surface area contributed by atoms with Crippen molar-refractivity contribution < 1.29 is 14.4 Å². The number of rotatable bonds is 5. The summed E-state index contributed by atoms with van der Waals surface area (Å²) in [5.74, 6) is -1.80. The molecule has 0 unspecified atom stereocenters. The fourth-order valence-corrected chi connectivity index (χ4v) is 3.50. The summed E-state index contributed by atoms with van der Waals surface area (Å²) in [6.45, 7) is 2.70. The molecular weight excluding hydrogens is 410 g/mol. The summed E-state index contributed by atoms with van der Waals surface area (Å²) in [5.41, 5.74) is 2.50. The van der Waals surface area contributed by atoms with Crippen molar-refractivity contribution in [2.75, 3.05) is 18.0 Å². The van der Waals surface area contributed by atoms with Crippen molar-refractivity contribution in [2.45, 2.75) is 19.4 Å². The minimum atomic E-state index is -0.857. The van der Waals surface area contributed by atoms with Crippen LogP contribution in [0.4, 0.5) is 5.69 Å². The van der Waals surface area contributed by atoms with Crippen molar-refractivity contribution in [3.05, 3.63) is 64.1 Å². The summed E-state index contributed by atoms with van der Waals surface area (Å²) in [5, 5.41) is 5.16. The van der Waals surface area contributed by atoms with Crippen molar-refractivity contribution in [3.63, 3.8) is 0 Å². The molecule has 3 amide bonds. The van der Waals surface area contributed by atoms with Crippen LogP contribution in [0.15, 0.2) is 53.0 Å². The minimum absolute atomic E-state index is 0.240. The lowest BCUT2D eigenvalue weighted by atomic mass is 10.1. The Morgan fingerprint density at radius 3 is 2.56 bits per heavy atom. The fraction of sp³-hybridized carbons (Fsp3) is 0.250. The Kier molecular flexibility index (Phi) is 5.91. The Labute approximate surface area is 166 Å². The molecule has 7 heteroatoms. The third-order valence-electron chi connectivity index (χ3n) is 4.44. The zero-order valence-corrected chi connectivity index (χ0v) is 16.5. The Bertz CT molecular complexity index is 870. The molecule has 2 aromatic rings. The normalized spacial score (nSPS) is 15.4. The van der Waals surface area contributed by atoms with E-state index in [1.54, 1.807) is 11.0 Å². The molecule has 1 heterocycles. The Balaban J connectivity index is 1.62. The van der Waals surface area contributed by atoms with Crippen LogP contribution in [0, 0.1) is 0 Å². The van der Waals surface area contributed by atoms with Gasteiger partial charge in [0.15, 0.2) is 0 Å². The molecule has 0 bridgehead atoms.